The molecule has 3 rings (SSSR count). The molecule has 0 radical (unpaired) electrons. The van der Waals surface area contributed by atoms with Gasteiger partial charge in [0.25, 0.3) is 11.6 Å². The highest BCUT2D eigenvalue weighted by molar-refractivity contribution is 6.03. The largest absolute Gasteiger partial charge is 0.486 e. The topological polar surface area (TPSA) is 104 Å². The zero-order chi connectivity index (χ0) is 22.5. The number of nitro groups is 1. The fourth-order valence-electron chi connectivity index (χ4n) is 2.76. The fraction of sp³-hybridized carbons (Fsp3) is 0.190. The number of amides is 1. The van der Waals surface area contributed by atoms with Gasteiger partial charge in [0.15, 0.2) is 5.76 Å². The summed E-state index contributed by atoms with van der Waals surface area (Å²) in [6, 6.07) is 11.7. The molecule has 0 aliphatic rings. The highest BCUT2D eigenvalue weighted by atomic mass is 19.3. The number of nitrogens with one attached hydrogen (secondary N) is 1. The number of nitro benzene ring substituents is 1. The average molecular weight is 432 g/mol. The molecule has 3 aromatic rings. The highest BCUT2D eigenvalue weighted by Crippen LogP contribution is 2.28. The van der Waals surface area contributed by atoms with Gasteiger partial charge in [-0.25, -0.2) is 0 Å². The first-order chi connectivity index (χ1) is 14.7. The zero-order valence-corrected chi connectivity index (χ0v) is 16.6. The lowest BCUT2D eigenvalue weighted by atomic mass is 10.2. The number of aryl methyl sites for hydroxylation is 2. The van der Waals surface area contributed by atoms with Crippen LogP contribution in [0.3, 0.4) is 0 Å². The van der Waals surface area contributed by atoms with Gasteiger partial charge in [-0.2, -0.15) is 8.78 Å². The van der Waals surface area contributed by atoms with E-state index >= 15 is 0 Å². The van der Waals surface area contributed by atoms with Crippen molar-refractivity contribution in [1.82, 2.24) is 0 Å². The Labute approximate surface area is 175 Å². The molecule has 10 heteroatoms. The van der Waals surface area contributed by atoms with E-state index in [1.807, 2.05) is 0 Å². The number of anilines is 1. The number of halogens is 2. The van der Waals surface area contributed by atoms with E-state index in [1.165, 1.54) is 42.5 Å². The SMILES string of the molecule is Cc1ccc(NC(=O)c2ccc(COc3ccc([N+](=O)[O-])c(C)c3)o2)c(OC(F)F)c1. The minimum atomic E-state index is -3.03. The molecule has 0 bridgehead atoms. The molecule has 0 saturated carbocycles. The van der Waals surface area contributed by atoms with E-state index in [0.717, 1.165) is 0 Å². The summed E-state index contributed by atoms with van der Waals surface area (Å²) >= 11 is 0. The van der Waals surface area contributed by atoms with Gasteiger partial charge in [0.05, 0.1) is 10.6 Å². The van der Waals surface area contributed by atoms with E-state index in [4.69, 9.17) is 9.15 Å². The number of carbonyl (C=O) groups is 1. The van der Waals surface area contributed by atoms with E-state index in [-0.39, 0.29) is 29.5 Å². The lowest BCUT2D eigenvalue weighted by Crippen LogP contribution is -2.13. The van der Waals surface area contributed by atoms with E-state index in [9.17, 15) is 23.7 Å². The molecule has 1 amide bonds. The molecular formula is C21H18F2N2O6. The van der Waals surface area contributed by atoms with Crippen LogP contribution in [-0.2, 0) is 6.61 Å². The number of hydrogen-bond acceptors (Lipinski definition) is 6. The number of alkyl halides is 2. The first-order valence-corrected chi connectivity index (χ1v) is 9.06. The Morgan fingerprint density at radius 3 is 2.61 bits per heavy atom. The van der Waals surface area contributed by atoms with Gasteiger partial charge in [0, 0.05) is 11.6 Å². The predicted molar refractivity (Wildman–Crippen MR) is 107 cm³/mol. The first-order valence-electron chi connectivity index (χ1n) is 9.06. The molecule has 1 heterocycles. The minimum Gasteiger partial charge on any atom is -0.486 e. The summed E-state index contributed by atoms with van der Waals surface area (Å²) in [4.78, 5) is 22.8. The molecule has 1 N–H and O–H groups in total. The van der Waals surface area contributed by atoms with Crippen molar-refractivity contribution in [1.29, 1.82) is 0 Å². The van der Waals surface area contributed by atoms with Crippen LogP contribution in [0.2, 0.25) is 0 Å². The lowest BCUT2D eigenvalue weighted by Gasteiger charge is -2.12. The molecular weight excluding hydrogens is 414 g/mol. The third-order valence-corrected chi connectivity index (χ3v) is 4.23. The molecule has 0 unspecified atom stereocenters. The van der Waals surface area contributed by atoms with Gasteiger partial charge in [0.2, 0.25) is 0 Å². The maximum atomic E-state index is 12.6. The molecule has 8 nitrogen and oxygen atoms in total. The van der Waals surface area contributed by atoms with Crippen molar-refractivity contribution in [3.05, 3.63) is 81.3 Å². The van der Waals surface area contributed by atoms with Crippen molar-refractivity contribution >= 4 is 17.3 Å². The Hall–Kier alpha value is -3.95. The molecule has 0 fully saturated rings. The first kappa shape index (κ1) is 21.8. The second-order valence-corrected chi connectivity index (χ2v) is 6.59. The molecule has 2 aromatic carbocycles. The average Bonchev–Trinajstić information content (AvgIpc) is 3.17. The van der Waals surface area contributed by atoms with Crippen molar-refractivity contribution in [2.75, 3.05) is 5.32 Å². The van der Waals surface area contributed by atoms with E-state index in [0.29, 0.717) is 22.6 Å². The molecule has 0 spiro atoms. The van der Waals surface area contributed by atoms with Gasteiger partial charge >= 0.3 is 6.61 Å². The summed E-state index contributed by atoms with van der Waals surface area (Å²) < 4.78 is 40.6. The minimum absolute atomic E-state index is 0.0180. The van der Waals surface area contributed by atoms with Crippen molar-refractivity contribution in [2.45, 2.75) is 27.1 Å². The third kappa shape index (κ3) is 5.56. The van der Waals surface area contributed by atoms with E-state index < -0.39 is 17.4 Å². The molecule has 31 heavy (non-hydrogen) atoms. The van der Waals surface area contributed by atoms with E-state index in [2.05, 4.69) is 10.1 Å². The van der Waals surface area contributed by atoms with Crippen LogP contribution in [0.4, 0.5) is 20.2 Å². The van der Waals surface area contributed by atoms with Crippen molar-refractivity contribution in [2.24, 2.45) is 0 Å². The fourth-order valence-corrected chi connectivity index (χ4v) is 2.76. The monoisotopic (exact) mass is 432 g/mol. The number of rotatable bonds is 8. The number of furan rings is 1. The van der Waals surface area contributed by atoms with Crippen LogP contribution in [0.5, 0.6) is 11.5 Å². The molecule has 0 aliphatic carbocycles. The Balaban J connectivity index is 1.65. The standard InChI is InChI=1S/C21H18F2N2O6/c1-12-3-6-16(19(9-12)31-21(22)23)24-20(26)18-8-5-15(30-18)11-29-14-4-7-17(25(27)28)13(2)10-14/h3-10,21H,11H2,1-2H3,(H,24,26). The van der Waals surface area contributed by atoms with Gasteiger partial charge in [-0.15, -0.1) is 0 Å². The van der Waals surface area contributed by atoms with Crippen molar-refractivity contribution in [3.63, 3.8) is 0 Å². The summed E-state index contributed by atoms with van der Waals surface area (Å²) in [7, 11) is 0. The Morgan fingerprint density at radius 1 is 1.16 bits per heavy atom. The summed E-state index contributed by atoms with van der Waals surface area (Å²) in [5.74, 6) is -0.137. The van der Waals surface area contributed by atoms with Crippen LogP contribution in [-0.4, -0.2) is 17.4 Å². The molecule has 0 aliphatic heterocycles. The van der Waals surface area contributed by atoms with Gasteiger partial charge in [-0.3, -0.25) is 14.9 Å². The summed E-state index contributed by atoms with van der Waals surface area (Å²) in [6.45, 7) is 0.245. The number of ether oxygens (including phenoxy) is 2. The lowest BCUT2D eigenvalue weighted by molar-refractivity contribution is -0.385. The van der Waals surface area contributed by atoms with Crippen LogP contribution >= 0.6 is 0 Å². The van der Waals surface area contributed by atoms with Crippen LogP contribution in [0.25, 0.3) is 0 Å². The summed E-state index contributed by atoms with van der Waals surface area (Å²) in [5, 5.41) is 13.3. The Bertz CT molecular complexity index is 1110. The number of carbonyl (C=O) groups excluding carboxylic acids is 1. The Morgan fingerprint density at radius 2 is 1.94 bits per heavy atom. The molecule has 0 atom stereocenters. The number of hydrogen-bond donors (Lipinski definition) is 1. The maximum Gasteiger partial charge on any atom is 0.387 e. The third-order valence-electron chi connectivity index (χ3n) is 4.23. The van der Waals surface area contributed by atoms with Crippen LogP contribution in [0.15, 0.2) is 52.9 Å². The maximum absolute atomic E-state index is 12.6. The molecule has 0 saturated heterocycles. The second kappa shape index (κ2) is 9.24. The predicted octanol–water partition coefficient (Wildman–Crippen LogP) is 5.24. The van der Waals surface area contributed by atoms with Crippen LogP contribution < -0.4 is 14.8 Å². The Kier molecular flexibility index (Phi) is 6.49. The van der Waals surface area contributed by atoms with E-state index in [1.54, 1.807) is 19.9 Å². The van der Waals surface area contributed by atoms with Crippen LogP contribution in [0, 0.1) is 24.0 Å². The van der Waals surface area contributed by atoms with Gasteiger partial charge < -0.3 is 19.2 Å². The summed E-state index contributed by atoms with van der Waals surface area (Å²) in [6.07, 6.45) is 0. The zero-order valence-electron chi connectivity index (χ0n) is 16.6. The molecule has 162 valence electrons. The van der Waals surface area contributed by atoms with Crippen molar-refractivity contribution in [3.8, 4) is 11.5 Å². The number of benzene rings is 2. The van der Waals surface area contributed by atoms with Crippen LogP contribution in [0.1, 0.15) is 27.4 Å². The second-order valence-electron chi connectivity index (χ2n) is 6.59. The smallest absolute Gasteiger partial charge is 0.387 e. The number of nitrogens with zero attached hydrogens (tertiary/aromatic N) is 1. The highest BCUT2D eigenvalue weighted by Gasteiger charge is 2.17. The normalized spacial score (nSPS) is 10.7. The van der Waals surface area contributed by atoms with Gasteiger partial charge in [-0.05, 0) is 55.8 Å². The quantitative estimate of drug-likeness (QED) is 0.386. The molecule has 1 aromatic heterocycles. The summed E-state index contributed by atoms with van der Waals surface area (Å²) in [5.41, 5.74) is 1.19. The van der Waals surface area contributed by atoms with Gasteiger partial charge in [-0.1, -0.05) is 6.07 Å². The van der Waals surface area contributed by atoms with Crippen molar-refractivity contribution < 1.29 is 32.4 Å². The van der Waals surface area contributed by atoms with Gasteiger partial charge in [0.1, 0.15) is 23.9 Å².